The minimum absolute atomic E-state index is 0.00642. The lowest BCUT2D eigenvalue weighted by Gasteiger charge is -2.40. The van der Waals surface area contributed by atoms with Gasteiger partial charge >= 0.3 is 12.5 Å². The van der Waals surface area contributed by atoms with Gasteiger partial charge in [0, 0.05) is 24.3 Å². The Morgan fingerprint density at radius 1 is 0.950 bits per heavy atom. The number of benzene rings is 1. The molecule has 2 aliphatic heterocycles. The van der Waals surface area contributed by atoms with E-state index in [1.54, 1.807) is 6.07 Å². The van der Waals surface area contributed by atoms with Gasteiger partial charge in [-0.1, -0.05) is 12.1 Å². The molecule has 2 aromatic rings. The monoisotopic (exact) mass is 574 g/mol. The van der Waals surface area contributed by atoms with E-state index in [-0.39, 0.29) is 29.4 Å². The molecule has 2 saturated heterocycles. The Hall–Kier alpha value is -3.71. The number of pyridine rings is 1. The number of aromatic nitrogens is 1. The Labute approximate surface area is 226 Å². The molecule has 8 nitrogen and oxygen atoms in total. The number of fused-ring (bicyclic) bond motifs is 2. The number of hydrogen-bond acceptors (Lipinski definition) is 6. The number of piperidine rings is 1. The third-order valence-corrected chi connectivity index (χ3v) is 6.78. The van der Waals surface area contributed by atoms with Crippen LogP contribution in [-0.2, 0) is 4.79 Å². The number of nitrogens with one attached hydrogen (secondary N) is 2. The number of halogens is 6. The number of carbonyl (C=O) groups excluding carboxylic acids is 2. The van der Waals surface area contributed by atoms with Crippen LogP contribution in [-0.4, -0.2) is 59.6 Å². The van der Waals surface area contributed by atoms with Gasteiger partial charge in [-0.3, -0.25) is 9.59 Å². The summed E-state index contributed by atoms with van der Waals surface area (Å²) < 4.78 is 85.0. The molecule has 4 rings (SSSR count). The predicted octanol–water partition coefficient (Wildman–Crippen LogP) is 4.75. The van der Waals surface area contributed by atoms with Crippen LogP contribution >= 0.6 is 0 Å². The molecular weight excluding hydrogens is 546 g/mol. The van der Waals surface area contributed by atoms with Crippen molar-refractivity contribution in [1.82, 2.24) is 15.6 Å². The van der Waals surface area contributed by atoms with Gasteiger partial charge in [0.05, 0.1) is 5.56 Å². The molecule has 2 amide bonds. The van der Waals surface area contributed by atoms with Crippen LogP contribution in [0.5, 0.6) is 11.5 Å². The van der Waals surface area contributed by atoms with E-state index in [1.807, 2.05) is 5.32 Å². The molecule has 2 N–H and O–H groups in total. The zero-order chi connectivity index (χ0) is 29.3. The smallest absolute Gasteiger partial charge is 0.474 e. The Morgan fingerprint density at radius 2 is 1.55 bits per heavy atom. The van der Waals surface area contributed by atoms with Gasteiger partial charge in [0.2, 0.25) is 0 Å². The van der Waals surface area contributed by atoms with Crippen molar-refractivity contribution in [1.29, 1.82) is 0 Å². The van der Waals surface area contributed by atoms with Gasteiger partial charge in [-0.05, 0) is 63.8 Å². The van der Waals surface area contributed by atoms with Crippen molar-refractivity contribution in [3.63, 3.8) is 0 Å². The van der Waals surface area contributed by atoms with Crippen molar-refractivity contribution in [2.75, 3.05) is 11.4 Å². The lowest BCUT2D eigenvalue weighted by molar-refractivity contribution is -0.275. The first-order chi connectivity index (χ1) is 18.6. The SMILES string of the molecule is CC(C)(Oc1ccccc1OC(F)(F)F)C(=O)N[C@H]1C[C@H]2CC[C@@H](C1)N2c1ccc(C(=O)NCC(F)(F)F)cn1. The van der Waals surface area contributed by atoms with E-state index in [0.29, 0.717) is 18.7 Å². The molecule has 0 saturated carbocycles. The number of nitrogens with zero attached hydrogens (tertiary/aromatic N) is 2. The van der Waals surface area contributed by atoms with Crippen LogP contribution in [0.15, 0.2) is 42.6 Å². The predicted molar refractivity (Wildman–Crippen MR) is 131 cm³/mol. The van der Waals surface area contributed by atoms with E-state index < -0.39 is 42.2 Å². The second-order valence-corrected chi connectivity index (χ2v) is 10.2. The number of alkyl halides is 6. The van der Waals surface area contributed by atoms with Crippen LogP contribution in [0.25, 0.3) is 0 Å². The summed E-state index contributed by atoms with van der Waals surface area (Å²) in [6.07, 6.45) is -5.41. The first-order valence-corrected chi connectivity index (χ1v) is 12.6. The Kier molecular flexibility index (Phi) is 8.08. The summed E-state index contributed by atoms with van der Waals surface area (Å²) in [4.78, 5) is 31.5. The van der Waals surface area contributed by atoms with E-state index in [1.165, 1.54) is 44.3 Å². The maximum atomic E-state index is 13.1. The minimum atomic E-state index is -4.92. The third-order valence-electron chi connectivity index (χ3n) is 6.78. The van der Waals surface area contributed by atoms with Gasteiger partial charge in [0.1, 0.15) is 12.4 Å². The van der Waals surface area contributed by atoms with Crippen molar-refractivity contribution in [2.24, 2.45) is 0 Å². The molecule has 2 bridgehead atoms. The Bertz CT molecular complexity index is 1200. The fraction of sp³-hybridized carbons (Fsp3) is 0.500. The van der Waals surface area contributed by atoms with Crippen LogP contribution in [0, 0.1) is 0 Å². The maximum absolute atomic E-state index is 13.1. The van der Waals surface area contributed by atoms with E-state index in [9.17, 15) is 35.9 Å². The molecule has 1 aromatic carbocycles. The van der Waals surface area contributed by atoms with Gasteiger partial charge < -0.3 is 25.0 Å². The van der Waals surface area contributed by atoms with Crippen LogP contribution in [0.2, 0.25) is 0 Å². The van der Waals surface area contributed by atoms with Gasteiger partial charge in [-0.15, -0.1) is 13.2 Å². The van der Waals surface area contributed by atoms with E-state index >= 15 is 0 Å². The fourth-order valence-electron chi connectivity index (χ4n) is 5.05. The number of carbonyl (C=O) groups is 2. The second kappa shape index (κ2) is 11.0. The van der Waals surface area contributed by atoms with Crippen molar-refractivity contribution >= 4 is 17.6 Å². The summed E-state index contributed by atoms with van der Waals surface area (Å²) in [5, 5.41) is 4.76. The van der Waals surface area contributed by atoms with E-state index in [2.05, 4.69) is 19.9 Å². The Balaban J connectivity index is 1.36. The average Bonchev–Trinajstić information content (AvgIpc) is 3.12. The molecule has 0 spiro atoms. The summed E-state index contributed by atoms with van der Waals surface area (Å²) in [7, 11) is 0. The minimum Gasteiger partial charge on any atom is -0.474 e. The second-order valence-electron chi connectivity index (χ2n) is 10.2. The van der Waals surface area contributed by atoms with E-state index in [0.717, 1.165) is 18.9 Å². The number of anilines is 1. The van der Waals surface area contributed by atoms with Crippen molar-refractivity contribution < 1.29 is 45.4 Å². The Morgan fingerprint density at radius 3 is 2.08 bits per heavy atom. The zero-order valence-corrected chi connectivity index (χ0v) is 21.6. The van der Waals surface area contributed by atoms with Crippen LogP contribution in [0.4, 0.5) is 32.2 Å². The number of rotatable bonds is 8. The standard InChI is InChI=1S/C26H28F6N4O4/c1-24(2,39-19-5-3-4-6-20(19)40-26(30,31)32)23(38)35-16-11-17-8-9-18(12-16)36(17)21-10-7-15(13-33-21)22(37)34-14-25(27,28)29/h3-7,10,13,16-18H,8-9,11-12,14H2,1-2H3,(H,34,37)(H,35,38)/t16-,17+,18-. The molecule has 3 heterocycles. The first kappa shape index (κ1) is 29.3. The molecule has 2 fully saturated rings. The number of hydrogen-bond donors (Lipinski definition) is 2. The molecule has 218 valence electrons. The highest BCUT2D eigenvalue weighted by molar-refractivity contribution is 5.94. The maximum Gasteiger partial charge on any atom is 0.573 e. The highest BCUT2D eigenvalue weighted by Crippen LogP contribution is 2.39. The molecule has 0 radical (unpaired) electrons. The zero-order valence-electron chi connectivity index (χ0n) is 21.6. The number of amides is 2. The van der Waals surface area contributed by atoms with Crippen LogP contribution < -0.4 is 25.0 Å². The topological polar surface area (TPSA) is 92.8 Å². The molecule has 3 atom stereocenters. The van der Waals surface area contributed by atoms with Crippen LogP contribution in [0.3, 0.4) is 0 Å². The van der Waals surface area contributed by atoms with Crippen molar-refractivity contribution in [2.45, 2.75) is 75.8 Å². The number of ether oxygens (including phenoxy) is 2. The van der Waals surface area contributed by atoms with Gasteiger partial charge in [-0.2, -0.15) is 13.2 Å². The summed E-state index contributed by atoms with van der Waals surface area (Å²) >= 11 is 0. The van der Waals surface area contributed by atoms with Crippen molar-refractivity contribution in [3.05, 3.63) is 48.2 Å². The quantitative estimate of drug-likeness (QED) is 0.443. The lowest BCUT2D eigenvalue weighted by Crippen LogP contribution is -2.55. The third kappa shape index (κ3) is 7.27. The summed E-state index contributed by atoms with van der Waals surface area (Å²) in [5.74, 6) is -1.58. The highest BCUT2D eigenvalue weighted by Gasteiger charge is 2.43. The molecule has 2 aliphatic rings. The molecule has 14 heteroatoms. The van der Waals surface area contributed by atoms with Gasteiger partial charge in [-0.25, -0.2) is 4.98 Å². The normalized spacial score (nSPS) is 21.1. The van der Waals surface area contributed by atoms with Gasteiger partial charge in [0.25, 0.3) is 11.8 Å². The van der Waals surface area contributed by atoms with Crippen LogP contribution in [0.1, 0.15) is 49.9 Å². The molecule has 1 aromatic heterocycles. The van der Waals surface area contributed by atoms with E-state index in [4.69, 9.17) is 4.74 Å². The van der Waals surface area contributed by atoms with Crippen molar-refractivity contribution in [3.8, 4) is 11.5 Å². The summed E-state index contributed by atoms with van der Waals surface area (Å²) in [6.45, 7) is 1.46. The number of para-hydroxylation sites is 2. The largest absolute Gasteiger partial charge is 0.573 e. The average molecular weight is 575 g/mol. The first-order valence-electron chi connectivity index (χ1n) is 12.6. The lowest BCUT2D eigenvalue weighted by atomic mass is 9.96. The van der Waals surface area contributed by atoms with Gasteiger partial charge in [0.15, 0.2) is 17.1 Å². The molecule has 0 unspecified atom stereocenters. The molecule has 0 aliphatic carbocycles. The molecular formula is C26H28F6N4O4. The molecule has 40 heavy (non-hydrogen) atoms. The summed E-state index contributed by atoms with van der Waals surface area (Å²) in [5.41, 5.74) is -1.50. The highest BCUT2D eigenvalue weighted by atomic mass is 19.4. The summed E-state index contributed by atoms with van der Waals surface area (Å²) in [6, 6.07) is 8.03. The fourth-order valence-corrected chi connectivity index (χ4v) is 5.05.